The van der Waals surface area contributed by atoms with Gasteiger partial charge >= 0.3 is 17.8 Å². The molecule has 8 nitrogen and oxygen atoms in total. The number of imide groups is 2. The van der Waals surface area contributed by atoms with Crippen LogP contribution in [0.1, 0.15) is 5.56 Å². The number of hydrogen-bond donors (Lipinski definition) is 0. The summed E-state index contributed by atoms with van der Waals surface area (Å²) in [7, 11) is 2.73. The lowest BCUT2D eigenvalue weighted by Crippen LogP contribution is -2.44. The van der Waals surface area contributed by atoms with Crippen LogP contribution in [0.25, 0.3) is 0 Å². The zero-order chi connectivity index (χ0) is 17.7. The molecule has 1 aliphatic rings. The van der Waals surface area contributed by atoms with Gasteiger partial charge in [-0.25, -0.2) is 9.69 Å². The molecule has 2 rings (SSSR count). The van der Waals surface area contributed by atoms with Crippen LogP contribution in [-0.4, -0.2) is 72.3 Å². The molecule has 128 valence electrons. The first kappa shape index (κ1) is 17.6. The molecular weight excluding hydrogens is 314 g/mol. The van der Waals surface area contributed by atoms with Crippen molar-refractivity contribution in [2.45, 2.75) is 6.54 Å². The fourth-order valence-electron chi connectivity index (χ4n) is 2.29. The maximum Gasteiger partial charge on any atom is 0.334 e. The first-order chi connectivity index (χ1) is 11.5. The van der Waals surface area contributed by atoms with Gasteiger partial charge < -0.3 is 9.64 Å². The van der Waals surface area contributed by atoms with Crippen molar-refractivity contribution >= 4 is 23.8 Å². The Bertz CT molecular complexity index is 646. The van der Waals surface area contributed by atoms with Crippen molar-refractivity contribution in [1.82, 2.24) is 14.7 Å². The maximum absolute atomic E-state index is 12.5. The van der Waals surface area contributed by atoms with Crippen molar-refractivity contribution in [2.75, 3.05) is 33.9 Å². The molecule has 0 spiro atoms. The van der Waals surface area contributed by atoms with Gasteiger partial charge in [0.25, 0.3) is 0 Å². The fourth-order valence-corrected chi connectivity index (χ4v) is 2.29. The summed E-state index contributed by atoms with van der Waals surface area (Å²) >= 11 is 0. The van der Waals surface area contributed by atoms with Gasteiger partial charge in [0.05, 0.1) is 6.61 Å². The molecule has 0 unspecified atom stereocenters. The molecule has 0 radical (unpaired) electrons. The van der Waals surface area contributed by atoms with E-state index in [9.17, 15) is 19.2 Å². The Balaban J connectivity index is 2.08. The van der Waals surface area contributed by atoms with Crippen LogP contribution in [0.2, 0.25) is 0 Å². The topological polar surface area (TPSA) is 87.2 Å². The Morgan fingerprint density at radius 3 is 2.33 bits per heavy atom. The summed E-state index contributed by atoms with van der Waals surface area (Å²) in [6.45, 7) is 0.483. The fraction of sp³-hybridized carbons (Fsp3) is 0.375. The van der Waals surface area contributed by atoms with E-state index in [-0.39, 0.29) is 0 Å². The molecule has 1 saturated heterocycles. The van der Waals surface area contributed by atoms with Crippen LogP contribution in [0.4, 0.5) is 4.79 Å². The lowest BCUT2D eigenvalue weighted by atomic mass is 10.2. The van der Waals surface area contributed by atoms with Gasteiger partial charge in [-0.3, -0.25) is 19.3 Å². The lowest BCUT2D eigenvalue weighted by Gasteiger charge is -2.24. The largest absolute Gasteiger partial charge is 0.383 e. The molecule has 8 heteroatoms. The average Bonchev–Trinajstić information content (AvgIpc) is 2.77. The van der Waals surface area contributed by atoms with Gasteiger partial charge in [0.2, 0.25) is 5.91 Å². The highest BCUT2D eigenvalue weighted by Gasteiger charge is 2.43. The molecule has 1 fully saturated rings. The highest BCUT2D eigenvalue weighted by Crippen LogP contribution is 2.11. The summed E-state index contributed by atoms with van der Waals surface area (Å²) in [6.07, 6.45) is 0. The van der Waals surface area contributed by atoms with E-state index in [0.717, 1.165) is 5.56 Å². The third kappa shape index (κ3) is 3.77. The number of urea groups is 1. The third-order valence-electron chi connectivity index (χ3n) is 3.68. The molecular formula is C16H19N3O5. The van der Waals surface area contributed by atoms with Crippen molar-refractivity contribution in [1.29, 1.82) is 0 Å². The predicted molar refractivity (Wildman–Crippen MR) is 83.6 cm³/mol. The van der Waals surface area contributed by atoms with Crippen molar-refractivity contribution in [2.24, 2.45) is 0 Å². The Morgan fingerprint density at radius 2 is 1.79 bits per heavy atom. The van der Waals surface area contributed by atoms with E-state index in [1.54, 1.807) is 0 Å². The molecule has 0 bridgehead atoms. The van der Waals surface area contributed by atoms with Gasteiger partial charge in [-0.05, 0) is 5.56 Å². The summed E-state index contributed by atoms with van der Waals surface area (Å²) in [5, 5.41) is 0. The van der Waals surface area contributed by atoms with Gasteiger partial charge in [-0.2, -0.15) is 0 Å². The SMILES string of the molecule is COCCN(Cc1ccccc1)C(=O)CN1C(=O)C(=O)N(C)C1=O. The van der Waals surface area contributed by atoms with E-state index < -0.39 is 30.3 Å². The highest BCUT2D eigenvalue weighted by molar-refractivity contribution is 6.44. The molecule has 0 aliphatic carbocycles. The lowest BCUT2D eigenvalue weighted by molar-refractivity contribution is -0.144. The van der Waals surface area contributed by atoms with E-state index in [4.69, 9.17) is 4.74 Å². The average molecular weight is 333 g/mol. The predicted octanol–water partition coefficient (Wildman–Crippen LogP) is 0.0822. The number of hydrogen-bond acceptors (Lipinski definition) is 5. The quantitative estimate of drug-likeness (QED) is 0.521. The maximum atomic E-state index is 12.5. The smallest absolute Gasteiger partial charge is 0.334 e. The zero-order valence-corrected chi connectivity index (χ0v) is 13.6. The van der Waals surface area contributed by atoms with E-state index in [1.165, 1.54) is 19.1 Å². The summed E-state index contributed by atoms with van der Waals surface area (Å²) in [5.41, 5.74) is 0.911. The third-order valence-corrected chi connectivity index (χ3v) is 3.68. The molecule has 0 N–H and O–H groups in total. The van der Waals surface area contributed by atoms with Crippen LogP contribution < -0.4 is 0 Å². The summed E-state index contributed by atoms with van der Waals surface area (Å²) in [6, 6.07) is 8.54. The molecule has 1 aromatic carbocycles. The van der Waals surface area contributed by atoms with E-state index in [0.29, 0.717) is 29.5 Å². The summed E-state index contributed by atoms with van der Waals surface area (Å²) in [4.78, 5) is 50.5. The highest BCUT2D eigenvalue weighted by atomic mass is 16.5. The van der Waals surface area contributed by atoms with E-state index in [1.807, 2.05) is 30.3 Å². The number of ether oxygens (including phenoxy) is 1. The number of amides is 5. The molecule has 0 atom stereocenters. The van der Waals surface area contributed by atoms with E-state index >= 15 is 0 Å². The molecule has 5 amide bonds. The van der Waals surface area contributed by atoms with Crippen LogP contribution in [0.15, 0.2) is 30.3 Å². The second-order valence-electron chi connectivity index (χ2n) is 5.33. The summed E-state index contributed by atoms with van der Waals surface area (Å²) in [5.74, 6) is -2.35. The number of carbonyl (C=O) groups is 4. The number of likely N-dealkylation sites (N-methyl/N-ethyl adjacent to an activating group) is 1. The second kappa shape index (κ2) is 7.69. The Hall–Kier alpha value is -2.74. The molecule has 0 saturated carbocycles. The Morgan fingerprint density at radius 1 is 1.12 bits per heavy atom. The minimum absolute atomic E-state index is 0.310. The summed E-state index contributed by atoms with van der Waals surface area (Å²) < 4.78 is 5.00. The van der Waals surface area contributed by atoms with Gasteiger partial charge in [0.1, 0.15) is 6.54 Å². The van der Waals surface area contributed by atoms with Crippen molar-refractivity contribution in [3.05, 3.63) is 35.9 Å². The number of rotatable bonds is 7. The molecule has 1 aromatic rings. The minimum atomic E-state index is -0.984. The number of nitrogens with zero attached hydrogens (tertiary/aromatic N) is 3. The zero-order valence-electron chi connectivity index (χ0n) is 13.6. The van der Waals surface area contributed by atoms with Crippen LogP contribution in [0.5, 0.6) is 0 Å². The van der Waals surface area contributed by atoms with Crippen LogP contribution in [0, 0.1) is 0 Å². The van der Waals surface area contributed by atoms with Gasteiger partial charge in [0.15, 0.2) is 0 Å². The number of carbonyl (C=O) groups excluding carboxylic acids is 4. The van der Waals surface area contributed by atoms with Gasteiger partial charge in [0, 0.05) is 27.2 Å². The molecule has 0 aromatic heterocycles. The number of methoxy groups -OCH3 is 1. The molecule has 24 heavy (non-hydrogen) atoms. The standard InChI is InChI=1S/C16H19N3O5/c1-17-14(21)15(22)19(16(17)23)11-13(20)18(8-9-24-2)10-12-6-4-3-5-7-12/h3-7H,8-11H2,1-2H3. The van der Waals surface area contributed by atoms with E-state index in [2.05, 4.69) is 0 Å². The second-order valence-corrected chi connectivity index (χ2v) is 5.33. The van der Waals surface area contributed by atoms with Crippen LogP contribution >= 0.6 is 0 Å². The van der Waals surface area contributed by atoms with Crippen molar-refractivity contribution < 1.29 is 23.9 Å². The normalized spacial score (nSPS) is 14.5. The first-order valence-corrected chi connectivity index (χ1v) is 7.40. The van der Waals surface area contributed by atoms with Gasteiger partial charge in [-0.1, -0.05) is 30.3 Å². The van der Waals surface area contributed by atoms with Crippen LogP contribution in [0.3, 0.4) is 0 Å². The Labute approximate surface area is 139 Å². The minimum Gasteiger partial charge on any atom is -0.383 e. The van der Waals surface area contributed by atoms with Crippen molar-refractivity contribution in [3.8, 4) is 0 Å². The van der Waals surface area contributed by atoms with Crippen molar-refractivity contribution in [3.63, 3.8) is 0 Å². The first-order valence-electron chi connectivity index (χ1n) is 7.40. The number of benzene rings is 1. The van der Waals surface area contributed by atoms with Crippen LogP contribution in [-0.2, 0) is 25.7 Å². The molecule has 1 aliphatic heterocycles. The Kier molecular flexibility index (Phi) is 5.64. The molecule has 1 heterocycles. The monoisotopic (exact) mass is 333 g/mol. The van der Waals surface area contributed by atoms with Gasteiger partial charge in [-0.15, -0.1) is 0 Å².